The Labute approximate surface area is 146 Å². The summed E-state index contributed by atoms with van der Waals surface area (Å²) in [5.41, 5.74) is 0. The first-order chi connectivity index (χ1) is 7.77. The minimum Gasteiger partial charge on any atom is -0.549 e. The second kappa shape index (κ2) is 8.25. The monoisotopic (exact) mass is 264 g/mol. The predicted molar refractivity (Wildman–Crippen MR) is 59.8 cm³/mol. The molecule has 0 aromatic heterocycles. The summed E-state index contributed by atoms with van der Waals surface area (Å²) in [7, 11) is 0. The van der Waals surface area contributed by atoms with Gasteiger partial charge in [0.25, 0.3) is 0 Å². The Morgan fingerprint density at radius 1 is 1.29 bits per heavy atom. The Bertz CT molecular complexity index is 245. The molecule has 1 heterocycles. The molecular weight excluding hydrogens is 243 g/mol. The molecule has 1 saturated carbocycles. The van der Waals surface area contributed by atoms with Gasteiger partial charge in [0, 0.05) is 32.2 Å². The number of hydrogen-bond acceptors (Lipinski definition) is 4. The van der Waals surface area contributed by atoms with Gasteiger partial charge in [0.15, 0.2) is 0 Å². The quantitative estimate of drug-likeness (QED) is 0.540. The molecule has 1 unspecified atom stereocenters. The first-order valence-corrected chi connectivity index (χ1v) is 6.42. The Balaban J connectivity index is 0.00000144. The number of nitrogens with one attached hydrogen (secondary N) is 1. The summed E-state index contributed by atoms with van der Waals surface area (Å²) in [6, 6.07) is 0.409. The second-order valence-corrected chi connectivity index (χ2v) is 5.01. The van der Waals surface area contributed by atoms with Crippen molar-refractivity contribution >= 4 is 5.97 Å². The molecule has 0 spiro atoms. The van der Waals surface area contributed by atoms with Crippen LogP contribution in [0.15, 0.2) is 0 Å². The maximum atomic E-state index is 10.7. The summed E-state index contributed by atoms with van der Waals surface area (Å²) in [5, 5.41) is 14.1. The number of rotatable bonds is 3. The fraction of sp³-hybridized carbons (Fsp3) is 0.917. The van der Waals surface area contributed by atoms with Crippen molar-refractivity contribution in [3.63, 3.8) is 0 Å². The Kier molecular flexibility index (Phi) is 7.80. The molecule has 5 heteroatoms. The van der Waals surface area contributed by atoms with Crippen LogP contribution in [0.3, 0.4) is 0 Å². The molecule has 1 aliphatic heterocycles. The van der Waals surface area contributed by atoms with Crippen molar-refractivity contribution in [2.45, 2.75) is 38.1 Å². The van der Waals surface area contributed by atoms with Crippen molar-refractivity contribution in [3.05, 3.63) is 0 Å². The van der Waals surface area contributed by atoms with Crippen LogP contribution in [0.1, 0.15) is 32.1 Å². The Hall–Kier alpha value is 1.03. The number of carboxylic acids is 1. The number of hydrogen-bond donors (Lipinski definition) is 1. The molecule has 17 heavy (non-hydrogen) atoms. The van der Waals surface area contributed by atoms with Crippen LogP contribution in [-0.2, 0) is 4.79 Å². The number of nitrogens with zero attached hydrogens (tertiary/aromatic N) is 1. The summed E-state index contributed by atoms with van der Waals surface area (Å²) in [5.74, 6) is -0.261. The van der Waals surface area contributed by atoms with Gasteiger partial charge in [0.2, 0.25) is 0 Å². The third kappa shape index (κ3) is 4.89. The van der Waals surface area contributed by atoms with Gasteiger partial charge in [-0.05, 0) is 18.8 Å². The second-order valence-electron chi connectivity index (χ2n) is 5.01. The average Bonchev–Trinajstić information content (AvgIpc) is 2.30. The Morgan fingerprint density at radius 2 is 2.00 bits per heavy atom. The molecule has 4 nitrogen and oxygen atoms in total. The van der Waals surface area contributed by atoms with Gasteiger partial charge in [-0.3, -0.25) is 4.90 Å². The zero-order valence-electron chi connectivity index (χ0n) is 10.8. The fourth-order valence-electron chi connectivity index (χ4n) is 3.11. The summed E-state index contributed by atoms with van der Waals surface area (Å²) < 4.78 is 0. The van der Waals surface area contributed by atoms with E-state index in [1.54, 1.807) is 0 Å². The number of carbonyl (C=O) groups is 1. The zero-order chi connectivity index (χ0) is 11.4. The van der Waals surface area contributed by atoms with Crippen molar-refractivity contribution in [1.29, 1.82) is 0 Å². The van der Waals surface area contributed by atoms with Crippen molar-refractivity contribution < 1.29 is 61.3 Å². The van der Waals surface area contributed by atoms with E-state index in [9.17, 15) is 9.90 Å². The molecule has 1 saturated heterocycles. The first-order valence-electron chi connectivity index (χ1n) is 6.42. The largest absolute Gasteiger partial charge is 1.00 e. The van der Waals surface area contributed by atoms with Crippen LogP contribution in [0.2, 0.25) is 0 Å². The predicted octanol–water partition coefficient (Wildman–Crippen LogP) is -3.41. The minimum atomic E-state index is -0.942. The van der Waals surface area contributed by atoms with E-state index in [1.807, 2.05) is 0 Å². The summed E-state index contributed by atoms with van der Waals surface area (Å²) in [4.78, 5) is 12.8. The van der Waals surface area contributed by atoms with E-state index in [0.29, 0.717) is 12.0 Å². The van der Waals surface area contributed by atoms with Crippen LogP contribution >= 0.6 is 0 Å². The topological polar surface area (TPSA) is 55.4 Å². The van der Waals surface area contributed by atoms with Gasteiger partial charge in [0.05, 0.1) is 5.97 Å². The van der Waals surface area contributed by atoms with Gasteiger partial charge < -0.3 is 15.2 Å². The van der Waals surface area contributed by atoms with Crippen LogP contribution in [0.5, 0.6) is 0 Å². The molecule has 2 rings (SSSR count). The van der Waals surface area contributed by atoms with Crippen LogP contribution in [0.25, 0.3) is 0 Å². The van der Waals surface area contributed by atoms with Crippen LogP contribution in [0.4, 0.5) is 0 Å². The van der Waals surface area contributed by atoms with Gasteiger partial charge in [-0.25, -0.2) is 0 Å². The van der Waals surface area contributed by atoms with E-state index in [0.717, 1.165) is 19.6 Å². The van der Waals surface area contributed by atoms with Gasteiger partial charge >= 0.3 is 51.4 Å². The number of piperazine rings is 1. The van der Waals surface area contributed by atoms with Gasteiger partial charge in [-0.1, -0.05) is 19.3 Å². The SMILES string of the molecule is O=C([O-])CN1CCNCC1C1CCCCC1.[K+]. The minimum absolute atomic E-state index is 0. The molecule has 1 aliphatic carbocycles. The third-order valence-corrected chi connectivity index (χ3v) is 3.92. The molecule has 92 valence electrons. The molecule has 1 atom stereocenters. The van der Waals surface area contributed by atoms with Crippen LogP contribution in [0, 0.1) is 5.92 Å². The van der Waals surface area contributed by atoms with E-state index in [2.05, 4.69) is 10.2 Å². The van der Waals surface area contributed by atoms with E-state index in [4.69, 9.17) is 0 Å². The van der Waals surface area contributed by atoms with Gasteiger partial charge in [0.1, 0.15) is 0 Å². The van der Waals surface area contributed by atoms with Gasteiger partial charge in [-0.15, -0.1) is 0 Å². The Morgan fingerprint density at radius 3 is 2.65 bits per heavy atom. The van der Waals surface area contributed by atoms with Gasteiger partial charge in [-0.2, -0.15) is 0 Å². The molecule has 1 N–H and O–H groups in total. The number of carbonyl (C=O) groups excluding carboxylic acids is 1. The standard InChI is InChI=1S/C12H22N2O2.K/c15-12(16)9-14-7-6-13-8-11(14)10-4-2-1-3-5-10;/h10-11,13H,1-9H2,(H,15,16);/q;+1/p-1. The summed E-state index contributed by atoms with van der Waals surface area (Å²) >= 11 is 0. The van der Waals surface area contributed by atoms with E-state index in [1.165, 1.54) is 32.1 Å². The molecule has 2 aliphatic rings. The first kappa shape index (κ1) is 16.1. The van der Waals surface area contributed by atoms with Crippen molar-refractivity contribution in [1.82, 2.24) is 10.2 Å². The van der Waals surface area contributed by atoms with Crippen LogP contribution < -0.4 is 61.8 Å². The molecule has 0 amide bonds. The van der Waals surface area contributed by atoms with E-state index in [-0.39, 0.29) is 57.9 Å². The van der Waals surface area contributed by atoms with E-state index < -0.39 is 5.97 Å². The molecule has 2 fully saturated rings. The number of carboxylic acid groups (broad SMARTS) is 1. The maximum Gasteiger partial charge on any atom is 1.00 e. The molecule has 0 bridgehead atoms. The third-order valence-electron chi connectivity index (χ3n) is 3.92. The summed E-state index contributed by atoms with van der Waals surface area (Å²) in [6.45, 7) is 2.78. The number of aliphatic carboxylic acids is 1. The molecule has 0 aromatic carbocycles. The summed E-state index contributed by atoms with van der Waals surface area (Å²) in [6.07, 6.45) is 6.48. The van der Waals surface area contributed by atoms with Crippen LogP contribution in [-0.4, -0.2) is 43.1 Å². The van der Waals surface area contributed by atoms with Crippen molar-refractivity contribution in [2.75, 3.05) is 26.2 Å². The molecular formula is C12H21KN2O2. The van der Waals surface area contributed by atoms with Crippen molar-refractivity contribution in [2.24, 2.45) is 5.92 Å². The smallest absolute Gasteiger partial charge is 0.549 e. The normalized spacial score (nSPS) is 27.4. The van der Waals surface area contributed by atoms with E-state index >= 15 is 0 Å². The fourth-order valence-corrected chi connectivity index (χ4v) is 3.11. The molecule has 0 aromatic rings. The zero-order valence-corrected chi connectivity index (χ0v) is 13.9. The average molecular weight is 264 g/mol. The van der Waals surface area contributed by atoms with Crippen molar-refractivity contribution in [3.8, 4) is 0 Å². The maximum absolute atomic E-state index is 10.7. The molecule has 0 radical (unpaired) electrons.